The number of nitrogens with zero attached hydrogens (tertiary/aromatic N) is 4. The molecule has 3 rings (SSSR count). The topological polar surface area (TPSA) is 54.1 Å². The summed E-state index contributed by atoms with van der Waals surface area (Å²) in [5.41, 5.74) is 2.86. The van der Waals surface area contributed by atoms with E-state index in [1.165, 1.54) is 36.8 Å². The molecule has 2 heterocycles. The van der Waals surface area contributed by atoms with Crippen molar-refractivity contribution >= 4 is 0 Å². The van der Waals surface area contributed by atoms with E-state index in [0.29, 0.717) is 12.8 Å². The highest BCUT2D eigenvalue weighted by molar-refractivity contribution is 5.23. The first kappa shape index (κ1) is 20.8. The van der Waals surface area contributed by atoms with E-state index in [4.69, 9.17) is 10.5 Å². The van der Waals surface area contributed by atoms with Crippen LogP contribution in [0, 0.1) is 34.5 Å². The van der Waals surface area contributed by atoms with Gasteiger partial charge in [-0.25, -0.2) is 0 Å². The smallest absolute Gasteiger partial charge is 0.0621 e. The molecule has 2 aliphatic heterocycles. The van der Waals surface area contributed by atoms with Gasteiger partial charge in [0.25, 0.3) is 0 Å². The Balaban J connectivity index is 1.42. The maximum atomic E-state index is 8.76. The highest BCUT2D eigenvalue weighted by atomic mass is 15.1. The third kappa shape index (κ3) is 6.62. The lowest BCUT2D eigenvalue weighted by Gasteiger charge is -2.32. The van der Waals surface area contributed by atoms with Crippen LogP contribution in [-0.2, 0) is 13.1 Å². The van der Waals surface area contributed by atoms with E-state index in [-0.39, 0.29) is 0 Å². The summed E-state index contributed by atoms with van der Waals surface area (Å²) in [7, 11) is 0. The lowest BCUT2D eigenvalue weighted by Crippen LogP contribution is -2.34. The largest absolute Gasteiger partial charge is 0.299 e. The highest BCUT2D eigenvalue weighted by Gasteiger charge is 2.20. The molecule has 0 aliphatic carbocycles. The molecular formula is C24H34N4. The van der Waals surface area contributed by atoms with Crippen molar-refractivity contribution in [2.24, 2.45) is 11.8 Å². The molecule has 2 fully saturated rings. The highest BCUT2D eigenvalue weighted by Crippen LogP contribution is 2.25. The molecule has 0 unspecified atom stereocenters. The van der Waals surface area contributed by atoms with Crippen molar-refractivity contribution in [2.45, 2.75) is 64.5 Å². The van der Waals surface area contributed by atoms with Gasteiger partial charge < -0.3 is 0 Å². The van der Waals surface area contributed by atoms with Crippen molar-refractivity contribution < 1.29 is 0 Å². The number of benzene rings is 1. The van der Waals surface area contributed by atoms with Gasteiger partial charge in [0.05, 0.1) is 12.1 Å². The van der Waals surface area contributed by atoms with Crippen LogP contribution < -0.4 is 0 Å². The van der Waals surface area contributed by atoms with Crippen LogP contribution in [0.15, 0.2) is 24.3 Å². The number of likely N-dealkylation sites (tertiary alicyclic amines) is 2. The minimum absolute atomic E-state index is 0.711. The van der Waals surface area contributed by atoms with Crippen LogP contribution in [0.4, 0.5) is 0 Å². The fourth-order valence-corrected chi connectivity index (χ4v) is 4.75. The molecule has 150 valence electrons. The summed E-state index contributed by atoms with van der Waals surface area (Å²) in [6, 6.07) is 13.7. The summed E-state index contributed by atoms with van der Waals surface area (Å²) >= 11 is 0. The monoisotopic (exact) mass is 378 g/mol. The van der Waals surface area contributed by atoms with Gasteiger partial charge in [0, 0.05) is 25.9 Å². The van der Waals surface area contributed by atoms with Gasteiger partial charge in [0.1, 0.15) is 0 Å². The minimum Gasteiger partial charge on any atom is -0.299 e. The Morgan fingerprint density at radius 1 is 0.750 bits per heavy atom. The fourth-order valence-electron chi connectivity index (χ4n) is 4.75. The molecule has 0 N–H and O–H groups in total. The third-order valence-corrected chi connectivity index (χ3v) is 6.55. The molecule has 4 nitrogen and oxygen atoms in total. The minimum atomic E-state index is 0.711. The SMILES string of the molecule is N#CCCC1CCN(Cc2cccc(CN3CCC(CCC#N)CC3)c2)CC1. The summed E-state index contributed by atoms with van der Waals surface area (Å²) in [4.78, 5) is 5.14. The molecule has 0 radical (unpaired) electrons. The number of nitriles is 2. The third-order valence-electron chi connectivity index (χ3n) is 6.55. The molecule has 0 atom stereocenters. The Bertz CT molecular complexity index is 615. The van der Waals surface area contributed by atoms with Crippen molar-refractivity contribution in [3.05, 3.63) is 35.4 Å². The maximum absolute atomic E-state index is 8.76. The van der Waals surface area contributed by atoms with Crippen LogP contribution >= 0.6 is 0 Å². The van der Waals surface area contributed by atoms with E-state index in [9.17, 15) is 0 Å². The normalized spacial score (nSPS) is 19.9. The van der Waals surface area contributed by atoms with Crippen LogP contribution in [-0.4, -0.2) is 36.0 Å². The Morgan fingerprint density at radius 3 is 1.57 bits per heavy atom. The molecule has 0 bridgehead atoms. The van der Waals surface area contributed by atoms with E-state index >= 15 is 0 Å². The number of rotatable bonds is 8. The Morgan fingerprint density at radius 2 is 1.18 bits per heavy atom. The fraction of sp³-hybridized carbons (Fsp3) is 0.667. The summed E-state index contributed by atoms with van der Waals surface area (Å²) < 4.78 is 0. The molecule has 28 heavy (non-hydrogen) atoms. The summed E-state index contributed by atoms with van der Waals surface area (Å²) in [6.07, 6.45) is 8.53. The van der Waals surface area contributed by atoms with E-state index in [2.05, 4.69) is 46.2 Å². The maximum Gasteiger partial charge on any atom is 0.0621 e. The molecular weight excluding hydrogens is 344 g/mol. The predicted octanol–water partition coefficient (Wildman–Crippen LogP) is 4.72. The van der Waals surface area contributed by atoms with Gasteiger partial charge in [-0.3, -0.25) is 9.80 Å². The van der Waals surface area contributed by atoms with E-state index in [0.717, 1.165) is 63.9 Å². The molecule has 0 spiro atoms. The van der Waals surface area contributed by atoms with E-state index < -0.39 is 0 Å². The van der Waals surface area contributed by atoms with Crippen molar-refractivity contribution in [1.82, 2.24) is 9.80 Å². The van der Waals surface area contributed by atoms with Gasteiger partial charge in [-0.05, 0) is 87.7 Å². The van der Waals surface area contributed by atoms with E-state index in [1.54, 1.807) is 0 Å². The van der Waals surface area contributed by atoms with Crippen LogP contribution in [0.1, 0.15) is 62.5 Å². The number of piperidine rings is 2. The second-order valence-corrected chi connectivity index (χ2v) is 8.65. The van der Waals surface area contributed by atoms with Crippen molar-refractivity contribution in [2.75, 3.05) is 26.2 Å². The van der Waals surface area contributed by atoms with Crippen molar-refractivity contribution in [3.8, 4) is 12.1 Å². The second kappa shape index (κ2) is 11.2. The van der Waals surface area contributed by atoms with E-state index in [1.807, 2.05) is 0 Å². The van der Waals surface area contributed by atoms with Gasteiger partial charge in [-0.1, -0.05) is 24.3 Å². The van der Waals surface area contributed by atoms with Crippen molar-refractivity contribution in [3.63, 3.8) is 0 Å². The molecule has 2 aliphatic rings. The lowest BCUT2D eigenvalue weighted by atomic mass is 9.92. The zero-order valence-corrected chi connectivity index (χ0v) is 17.2. The lowest BCUT2D eigenvalue weighted by molar-refractivity contribution is 0.170. The van der Waals surface area contributed by atoms with Crippen molar-refractivity contribution in [1.29, 1.82) is 10.5 Å². The molecule has 1 aromatic carbocycles. The van der Waals surface area contributed by atoms with Gasteiger partial charge in [0.2, 0.25) is 0 Å². The molecule has 0 aromatic heterocycles. The van der Waals surface area contributed by atoms with Crippen LogP contribution in [0.25, 0.3) is 0 Å². The quantitative estimate of drug-likeness (QED) is 0.657. The zero-order valence-electron chi connectivity index (χ0n) is 17.2. The Labute approximate surface area is 170 Å². The second-order valence-electron chi connectivity index (χ2n) is 8.65. The Kier molecular flexibility index (Phi) is 8.34. The van der Waals surface area contributed by atoms with Gasteiger partial charge in [-0.15, -0.1) is 0 Å². The van der Waals surface area contributed by atoms with Gasteiger partial charge in [0.15, 0.2) is 0 Å². The standard InChI is InChI=1S/C24H34N4/c25-12-2-6-21-8-14-27(15-9-21)19-23-4-1-5-24(18-23)20-28-16-10-22(11-17-28)7-3-13-26/h1,4-5,18,21-22H,2-3,6-11,14-17,19-20H2. The first-order valence-electron chi connectivity index (χ1n) is 11.0. The number of hydrogen-bond donors (Lipinski definition) is 0. The summed E-state index contributed by atoms with van der Waals surface area (Å²) in [5.74, 6) is 1.50. The first-order valence-corrected chi connectivity index (χ1v) is 11.0. The van der Waals surface area contributed by atoms with Gasteiger partial charge in [-0.2, -0.15) is 10.5 Å². The molecule has 1 aromatic rings. The average Bonchev–Trinajstić information content (AvgIpc) is 2.73. The zero-order chi connectivity index (χ0) is 19.6. The predicted molar refractivity (Wildman–Crippen MR) is 112 cm³/mol. The summed E-state index contributed by atoms with van der Waals surface area (Å²) in [5, 5.41) is 17.5. The van der Waals surface area contributed by atoms with Crippen LogP contribution in [0.3, 0.4) is 0 Å². The number of hydrogen-bond acceptors (Lipinski definition) is 4. The summed E-state index contributed by atoms with van der Waals surface area (Å²) in [6.45, 7) is 6.75. The first-order chi connectivity index (χ1) is 13.8. The van der Waals surface area contributed by atoms with Gasteiger partial charge >= 0.3 is 0 Å². The van der Waals surface area contributed by atoms with Crippen LogP contribution in [0.5, 0.6) is 0 Å². The molecule has 0 saturated carbocycles. The molecule has 4 heteroatoms. The average molecular weight is 379 g/mol. The molecule has 0 amide bonds. The van der Waals surface area contributed by atoms with Crippen LogP contribution in [0.2, 0.25) is 0 Å². The Hall–Kier alpha value is -1.88. The molecule has 2 saturated heterocycles.